The zero-order valence-corrected chi connectivity index (χ0v) is 11.0. The molecule has 0 heterocycles. The minimum Gasteiger partial charge on any atom is -0.392 e. The average molecular weight is 252 g/mol. The normalized spacial score (nSPS) is 16.7. The predicted octanol–water partition coefficient (Wildman–Crippen LogP) is 1.89. The van der Waals surface area contributed by atoms with E-state index < -0.39 is 6.10 Å². The monoisotopic (exact) mass is 252 g/mol. The maximum atomic E-state index is 13.9. The van der Waals surface area contributed by atoms with Gasteiger partial charge >= 0.3 is 0 Å². The summed E-state index contributed by atoms with van der Waals surface area (Å²) in [4.78, 5) is 1.90. The van der Waals surface area contributed by atoms with Crippen LogP contribution in [0.3, 0.4) is 0 Å². The number of rotatable bonds is 6. The zero-order chi connectivity index (χ0) is 13.1. The van der Waals surface area contributed by atoms with E-state index in [0.29, 0.717) is 24.7 Å². The fraction of sp³-hybridized carbons (Fsp3) is 0.571. The molecule has 1 atom stereocenters. The third-order valence-electron chi connectivity index (χ3n) is 3.19. The highest BCUT2D eigenvalue weighted by molar-refractivity contribution is 5.53. The van der Waals surface area contributed by atoms with Crippen LogP contribution in [0.25, 0.3) is 0 Å². The van der Waals surface area contributed by atoms with Crippen molar-refractivity contribution < 1.29 is 9.50 Å². The SMILES string of the molecule is CC(O)CN(C)c1cccc(F)c1CNC1CC1. The van der Waals surface area contributed by atoms with Crippen molar-refractivity contribution >= 4 is 5.69 Å². The Morgan fingerprint density at radius 3 is 2.83 bits per heavy atom. The summed E-state index contributed by atoms with van der Waals surface area (Å²) >= 11 is 0. The highest BCUT2D eigenvalue weighted by Gasteiger charge is 2.22. The van der Waals surface area contributed by atoms with Crippen LogP contribution in [0, 0.1) is 5.82 Å². The first kappa shape index (κ1) is 13.3. The van der Waals surface area contributed by atoms with Crippen molar-refractivity contribution in [2.45, 2.75) is 38.5 Å². The summed E-state index contributed by atoms with van der Waals surface area (Å²) in [7, 11) is 1.88. The van der Waals surface area contributed by atoms with Gasteiger partial charge in [0, 0.05) is 37.4 Å². The minimum absolute atomic E-state index is 0.182. The predicted molar refractivity (Wildman–Crippen MR) is 71.2 cm³/mol. The van der Waals surface area contributed by atoms with Crippen LogP contribution in [0.2, 0.25) is 0 Å². The fourth-order valence-corrected chi connectivity index (χ4v) is 2.11. The lowest BCUT2D eigenvalue weighted by molar-refractivity contribution is 0.201. The number of anilines is 1. The van der Waals surface area contributed by atoms with Crippen molar-refractivity contribution in [2.24, 2.45) is 0 Å². The molecule has 0 bridgehead atoms. The molecule has 100 valence electrons. The van der Waals surface area contributed by atoms with Crippen molar-refractivity contribution in [3.63, 3.8) is 0 Å². The molecule has 1 aromatic carbocycles. The van der Waals surface area contributed by atoms with Crippen LogP contribution in [0.15, 0.2) is 18.2 Å². The summed E-state index contributed by atoms with van der Waals surface area (Å²) in [5.41, 5.74) is 1.54. The van der Waals surface area contributed by atoms with Crippen molar-refractivity contribution in [3.05, 3.63) is 29.6 Å². The van der Waals surface area contributed by atoms with E-state index in [0.717, 1.165) is 5.69 Å². The Morgan fingerprint density at radius 2 is 2.22 bits per heavy atom. The number of aliphatic hydroxyl groups excluding tert-OH is 1. The first-order valence-electron chi connectivity index (χ1n) is 6.48. The van der Waals surface area contributed by atoms with Gasteiger partial charge in [0.05, 0.1) is 6.10 Å². The second-order valence-electron chi connectivity index (χ2n) is 5.12. The quantitative estimate of drug-likeness (QED) is 0.811. The summed E-state index contributed by atoms with van der Waals surface area (Å²) in [6.45, 7) is 2.79. The second-order valence-corrected chi connectivity index (χ2v) is 5.12. The molecule has 18 heavy (non-hydrogen) atoms. The molecule has 1 aliphatic carbocycles. The highest BCUT2D eigenvalue weighted by atomic mass is 19.1. The standard InChI is InChI=1S/C14H21FN2O/c1-10(18)9-17(2)14-5-3-4-13(15)12(14)8-16-11-6-7-11/h3-5,10-11,16,18H,6-9H2,1-2H3. The van der Waals surface area contributed by atoms with E-state index in [1.807, 2.05) is 18.0 Å². The molecule has 2 rings (SSSR count). The van der Waals surface area contributed by atoms with E-state index in [1.165, 1.54) is 18.9 Å². The van der Waals surface area contributed by atoms with Gasteiger partial charge in [0.2, 0.25) is 0 Å². The second kappa shape index (κ2) is 5.67. The summed E-state index contributed by atoms with van der Waals surface area (Å²) in [5.74, 6) is -0.182. The Bertz CT molecular complexity index is 405. The van der Waals surface area contributed by atoms with Crippen molar-refractivity contribution in [3.8, 4) is 0 Å². The zero-order valence-electron chi connectivity index (χ0n) is 11.0. The van der Waals surface area contributed by atoms with Crippen LogP contribution in [-0.2, 0) is 6.54 Å². The van der Waals surface area contributed by atoms with Gasteiger partial charge in [-0.3, -0.25) is 0 Å². The lowest BCUT2D eigenvalue weighted by atomic mass is 10.1. The Labute approximate surface area is 108 Å². The molecular formula is C14H21FN2O. The third kappa shape index (κ3) is 3.43. The maximum absolute atomic E-state index is 13.9. The van der Waals surface area contributed by atoms with Crippen LogP contribution >= 0.6 is 0 Å². The van der Waals surface area contributed by atoms with Gasteiger partial charge in [0.25, 0.3) is 0 Å². The van der Waals surface area contributed by atoms with Crippen LogP contribution in [-0.4, -0.2) is 30.8 Å². The Morgan fingerprint density at radius 1 is 1.50 bits per heavy atom. The van der Waals surface area contributed by atoms with Gasteiger partial charge < -0.3 is 15.3 Å². The molecule has 0 aromatic heterocycles. The number of benzene rings is 1. The van der Waals surface area contributed by atoms with Gasteiger partial charge in [-0.1, -0.05) is 6.07 Å². The van der Waals surface area contributed by atoms with Gasteiger partial charge in [0.1, 0.15) is 5.82 Å². The Hall–Kier alpha value is -1.13. The smallest absolute Gasteiger partial charge is 0.129 e. The molecule has 0 amide bonds. The summed E-state index contributed by atoms with van der Waals surface area (Å²) in [5, 5.41) is 12.8. The molecule has 1 aliphatic rings. The third-order valence-corrected chi connectivity index (χ3v) is 3.19. The molecular weight excluding hydrogens is 231 g/mol. The first-order valence-corrected chi connectivity index (χ1v) is 6.48. The van der Waals surface area contributed by atoms with Crippen LogP contribution in [0.4, 0.5) is 10.1 Å². The maximum Gasteiger partial charge on any atom is 0.129 e. The molecule has 0 radical (unpaired) electrons. The molecule has 0 aliphatic heterocycles. The van der Waals surface area contributed by atoms with Crippen molar-refractivity contribution in [2.75, 3.05) is 18.5 Å². The number of nitrogens with zero attached hydrogens (tertiary/aromatic N) is 1. The largest absolute Gasteiger partial charge is 0.392 e. The van der Waals surface area contributed by atoms with Gasteiger partial charge in [-0.25, -0.2) is 4.39 Å². The van der Waals surface area contributed by atoms with Gasteiger partial charge in [-0.2, -0.15) is 0 Å². The van der Waals surface area contributed by atoms with Gasteiger partial charge in [-0.15, -0.1) is 0 Å². The molecule has 0 spiro atoms. The van der Waals surface area contributed by atoms with E-state index >= 15 is 0 Å². The number of likely N-dealkylation sites (N-methyl/N-ethyl adjacent to an activating group) is 1. The summed E-state index contributed by atoms with van der Waals surface area (Å²) < 4.78 is 13.9. The molecule has 1 fully saturated rings. The van der Waals surface area contributed by atoms with E-state index in [-0.39, 0.29) is 5.82 Å². The van der Waals surface area contributed by atoms with E-state index in [4.69, 9.17) is 0 Å². The van der Waals surface area contributed by atoms with Gasteiger partial charge in [-0.05, 0) is 31.9 Å². The average Bonchev–Trinajstić information content (AvgIpc) is 3.10. The molecule has 1 saturated carbocycles. The van der Waals surface area contributed by atoms with Crippen molar-refractivity contribution in [1.82, 2.24) is 5.32 Å². The molecule has 3 nitrogen and oxygen atoms in total. The minimum atomic E-state index is -0.428. The van der Waals surface area contributed by atoms with Crippen LogP contribution < -0.4 is 10.2 Å². The number of hydrogen-bond donors (Lipinski definition) is 2. The fourth-order valence-electron chi connectivity index (χ4n) is 2.11. The Kier molecular flexibility index (Phi) is 4.19. The van der Waals surface area contributed by atoms with Gasteiger partial charge in [0.15, 0.2) is 0 Å². The lowest BCUT2D eigenvalue weighted by Crippen LogP contribution is -2.29. The number of nitrogens with one attached hydrogen (secondary N) is 1. The molecule has 1 unspecified atom stereocenters. The first-order chi connectivity index (χ1) is 8.58. The van der Waals surface area contributed by atoms with Crippen molar-refractivity contribution in [1.29, 1.82) is 0 Å². The van der Waals surface area contributed by atoms with E-state index in [1.54, 1.807) is 13.0 Å². The number of halogens is 1. The molecule has 2 N–H and O–H groups in total. The Balaban J connectivity index is 2.13. The molecule has 1 aromatic rings. The van der Waals surface area contributed by atoms with Crippen LogP contribution in [0.1, 0.15) is 25.3 Å². The molecule has 4 heteroatoms. The highest BCUT2D eigenvalue weighted by Crippen LogP contribution is 2.25. The van der Waals surface area contributed by atoms with E-state index in [2.05, 4.69) is 5.32 Å². The van der Waals surface area contributed by atoms with E-state index in [9.17, 15) is 9.50 Å². The number of hydrogen-bond acceptors (Lipinski definition) is 3. The summed E-state index contributed by atoms with van der Waals surface area (Å²) in [6, 6.07) is 5.66. The molecule has 0 saturated heterocycles. The topological polar surface area (TPSA) is 35.5 Å². The number of aliphatic hydroxyl groups is 1. The van der Waals surface area contributed by atoms with Crippen LogP contribution in [0.5, 0.6) is 0 Å². The lowest BCUT2D eigenvalue weighted by Gasteiger charge is -2.24. The summed E-state index contributed by atoms with van der Waals surface area (Å²) in [6.07, 6.45) is 1.95.